The lowest BCUT2D eigenvalue weighted by Crippen LogP contribution is -2.46. The highest BCUT2D eigenvalue weighted by atomic mass is 16.4. The van der Waals surface area contributed by atoms with Gasteiger partial charge in [-0.2, -0.15) is 0 Å². The summed E-state index contributed by atoms with van der Waals surface area (Å²) in [5, 5.41) is 12.2. The fraction of sp³-hybridized carbons (Fsp3) is 0.556. The number of anilines is 1. The molecular weight excluding hydrogens is 290 g/mol. The van der Waals surface area contributed by atoms with Crippen LogP contribution in [0.5, 0.6) is 0 Å². The highest BCUT2D eigenvalue weighted by molar-refractivity contribution is 5.85. The molecule has 0 bridgehead atoms. The van der Waals surface area contributed by atoms with E-state index in [9.17, 15) is 4.79 Å². The Balaban J connectivity index is 1.55. The number of carbonyl (C=O) groups is 1. The van der Waals surface area contributed by atoms with Crippen molar-refractivity contribution in [2.45, 2.75) is 50.6 Å². The number of aliphatic carboxylic acids is 1. The maximum atomic E-state index is 10.5. The normalized spacial score (nSPS) is 23.4. The Bertz CT molecular complexity index is 550. The summed E-state index contributed by atoms with van der Waals surface area (Å²) in [5.74, 6) is -0.0721. The molecule has 2 fully saturated rings. The molecule has 0 amide bonds. The predicted octanol–water partition coefficient (Wildman–Crippen LogP) is 3.00. The van der Waals surface area contributed by atoms with Gasteiger partial charge in [-0.25, -0.2) is 9.78 Å². The molecule has 1 saturated heterocycles. The maximum Gasteiger partial charge on any atom is 0.328 e. The molecule has 3 rings (SSSR count). The fourth-order valence-corrected chi connectivity index (χ4v) is 3.69. The molecular formula is C18H25N3O2. The standard InChI is InChI=1S/C18H25N3O2/c22-18(23)10-8-14-7-9-17(19-12-14)20-15-4-3-11-21(13-15)16-5-1-2-6-16/h7-10,12,15-16H,1-6,11,13H2,(H,19,20)(H,22,23)/b10-8+/t15-/m1/s1. The Labute approximate surface area is 137 Å². The molecule has 1 aromatic rings. The Morgan fingerprint density at radius 2 is 2.09 bits per heavy atom. The van der Waals surface area contributed by atoms with Gasteiger partial charge in [0.15, 0.2) is 0 Å². The first kappa shape index (κ1) is 16.0. The topological polar surface area (TPSA) is 65.5 Å². The SMILES string of the molecule is O=C(O)/C=C/c1ccc(N[C@@H]2CCCN(C3CCCC3)C2)nc1. The lowest BCUT2D eigenvalue weighted by molar-refractivity contribution is -0.131. The molecule has 0 unspecified atom stereocenters. The van der Waals surface area contributed by atoms with Crippen LogP contribution in [0, 0.1) is 0 Å². The molecule has 2 heterocycles. The van der Waals surface area contributed by atoms with Crippen LogP contribution in [0.4, 0.5) is 5.82 Å². The lowest BCUT2D eigenvalue weighted by Gasteiger charge is -2.37. The smallest absolute Gasteiger partial charge is 0.328 e. The van der Waals surface area contributed by atoms with Crippen LogP contribution in [-0.2, 0) is 4.79 Å². The number of hydrogen-bond acceptors (Lipinski definition) is 4. The minimum atomic E-state index is -0.943. The van der Waals surface area contributed by atoms with E-state index in [0.29, 0.717) is 6.04 Å². The average Bonchev–Trinajstić information content (AvgIpc) is 3.09. The summed E-state index contributed by atoms with van der Waals surface area (Å²) in [6.45, 7) is 2.34. The summed E-state index contributed by atoms with van der Waals surface area (Å²) in [6, 6.07) is 5.07. The number of nitrogens with zero attached hydrogens (tertiary/aromatic N) is 2. The Kier molecular flexibility index (Phi) is 5.28. The van der Waals surface area contributed by atoms with E-state index in [4.69, 9.17) is 5.11 Å². The molecule has 5 nitrogen and oxygen atoms in total. The number of hydrogen-bond donors (Lipinski definition) is 2. The molecule has 0 spiro atoms. The molecule has 124 valence electrons. The van der Waals surface area contributed by atoms with Crippen molar-refractivity contribution in [3.8, 4) is 0 Å². The molecule has 1 aliphatic heterocycles. The minimum absolute atomic E-state index is 0.456. The second-order valence-corrected chi connectivity index (χ2v) is 6.57. The van der Waals surface area contributed by atoms with Gasteiger partial charge in [-0.05, 0) is 56.0 Å². The van der Waals surface area contributed by atoms with Crippen LogP contribution < -0.4 is 5.32 Å². The summed E-state index contributed by atoms with van der Waals surface area (Å²) in [5.41, 5.74) is 0.800. The van der Waals surface area contributed by atoms with Crippen molar-refractivity contribution in [1.82, 2.24) is 9.88 Å². The maximum absolute atomic E-state index is 10.5. The molecule has 1 aromatic heterocycles. The van der Waals surface area contributed by atoms with Crippen molar-refractivity contribution < 1.29 is 9.90 Å². The molecule has 1 aliphatic carbocycles. The van der Waals surface area contributed by atoms with Crippen molar-refractivity contribution in [3.05, 3.63) is 30.0 Å². The van der Waals surface area contributed by atoms with Crippen molar-refractivity contribution in [3.63, 3.8) is 0 Å². The summed E-state index contributed by atoms with van der Waals surface area (Å²) in [4.78, 5) is 17.6. The molecule has 5 heteroatoms. The summed E-state index contributed by atoms with van der Waals surface area (Å²) in [6.07, 6.45) is 12.3. The summed E-state index contributed by atoms with van der Waals surface area (Å²) >= 11 is 0. The number of piperidine rings is 1. The average molecular weight is 315 g/mol. The van der Waals surface area contributed by atoms with E-state index in [1.165, 1.54) is 45.1 Å². The largest absolute Gasteiger partial charge is 0.478 e. The van der Waals surface area contributed by atoms with Crippen molar-refractivity contribution in [1.29, 1.82) is 0 Å². The molecule has 2 N–H and O–H groups in total. The van der Waals surface area contributed by atoms with E-state index < -0.39 is 5.97 Å². The van der Waals surface area contributed by atoms with Gasteiger partial charge in [0.2, 0.25) is 0 Å². The zero-order chi connectivity index (χ0) is 16.1. The first-order chi connectivity index (χ1) is 11.2. The molecule has 0 aromatic carbocycles. The number of aromatic nitrogens is 1. The third-order valence-electron chi connectivity index (χ3n) is 4.85. The lowest BCUT2D eigenvalue weighted by atomic mass is 10.0. The highest BCUT2D eigenvalue weighted by Crippen LogP contribution is 2.26. The van der Waals surface area contributed by atoms with E-state index in [1.807, 2.05) is 12.1 Å². The van der Waals surface area contributed by atoms with E-state index in [-0.39, 0.29) is 0 Å². The Morgan fingerprint density at radius 3 is 2.78 bits per heavy atom. The number of carboxylic acid groups (broad SMARTS) is 1. The number of pyridine rings is 1. The van der Waals surface area contributed by atoms with Crippen molar-refractivity contribution >= 4 is 17.9 Å². The van der Waals surface area contributed by atoms with E-state index >= 15 is 0 Å². The second-order valence-electron chi connectivity index (χ2n) is 6.57. The summed E-state index contributed by atoms with van der Waals surface area (Å²) in [7, 11) is 0. The number of carboxylic acids is 1. The fourth-order valence-electron chi connectivity index (χ4n) is 3.69. The minimum Gasteiger partial charge on any atom is -0.478 e. The Morgan fingerprint density at radius 1 is 1.26 bits per heavy atom. The van der Waals surface area contributed by atoms with Gasteiger partial charge in [0, 0.05) is 30.9 Å². The zero-order valence-corrected chi connectivity index (χ0v) is 13.4. The van der Waals surface area contributed by atoms with E-state index in [1.54, 1.807) is 12.3 Å². The number of rotatable bonds is 5. The molecule has 1 atom stereocenters. The molecule has 1 saturated carbocycles. The summed E-state index contributed by atoms with van der Waals surface area (Å²) < 4.78 is 0. The highest BCUT2D eigenvalue weighted by Gasteiger charge is 2.27. The first-order valence-electron chi connectivity index (χ1n) is 8.58. The monoisotopic (exact) mass is 315 g/mol. The van der Waals surface area contributed by atoms with Crippen LogP contribution in [0.2, 0.25) is 0 Å². The van der Waals surface area contributed by atoms with Crippen LogP contribution in [-0.4, -0.2) is 46.1 Å². The van der Waals surface area contributed by atoms with Crippen LogP contribution in [0.1, 0.15) is 44.1 Å². The number of likely N-dealkylation sites (tertiary alicyclic amines) is 1. The molecule has 2 aliphatic rings. The van der Waals surface area contributed by atoms with Gasteiger partial charge in [-0.3, -0.25) is 4.90 Å². The molecule has 0 radical (unpaired) electrons. The first-order valence-corrected chi connectivity index (χ1v) is 8.58. The van der Waals surface area contributed by atoms with Crippen molar-refractivity contribution in [2.75, 3.05) is 18.4 Å². The van der Waals surface area contributed by atoms with Crippen LogP contribution in [0.15, 0.2) is 24.4 Å². The van der Waals surface area contributed by atoms with Crippen LogP contribution in [0.25, 0.3) is 6.08 Å². The zero-order valence-electron chi connectivity index (χ0n) is 13.4. The Hall–Kier alpha value is -1.88. The van der Waals surface area contributed by atoms with Gasteiger partial charge in [-0.15, -0.1) is 0 Å². The van der Waals surface area contributed by atoms with Gasteiger partial charge in [-0.1, -0.05) is 12.8 Å². The molecule has 23 heavy (non-hydrogen) atoms. The van der Waals surface area contributed by atoms with E-state index in [2.05, 4.69) is 15.2 Å². The van der Waals surface area contributed by atoms with Gasteiger partial charge in [0.25, 0.3) is 0 Å². The van der Waals surface area contributed by atoms with Crippen LogP contribution in [0.3, 0.4) is 0 Å². The third kappa shape index (κ3) is 4.55. The number of nitrogens with one attached hydrogen (secondary N) is 1. The van der Waals surface area contributed by atoms with Crippen LogP contribution >= 0.6 is 0 Å². The quantitative estimate of drug-likeness (QED) is 0.818. The van der Waals surface area contributed by atoms with E-state index in [0.717, 1.165) is 30.0 Å². The van der Waals surface area contributed by atoms with Gasteiger partial charge in [0.1, 0.15) is 5.82 Å². The van der Waals surface area contributed by atoms with Gasteiger partial charge in [0.05, 0.1) is 0 Å². The predicted molar refractivity (Wildman–Crippen MR) is 91.4 cm³/mol. The van der Waals surface area contributed by atoms with Crippen molar-refractivity contribution in [2.24, 2.45) is 0 Å². The second kappa shape index (κ2) is 7.59. The third-order valence-corrected chi connectivity index (χ3v) is 4.85. The van der Waals surface area contributed by atoms with Gasteiger partial charge >= 0.3 is 5.97 Å². The van der Waals surface area contributed by atoms with Gasteiger partial charge < -0.3 is 10.4 Å².